The second-order valence-electron chi connectivity index (χ2n) is 5.41. The standard InChI is InChI=1S/C13H24N4O2/c1-10(2)5-8-17-9-12(14-15-17)13(19)16(4)7-6-11(3)18/h9-11,18H,5-8H2,1-4H3. The highest BCUT2D eigenvalue weighted by molar-refractivity contribution is 5.91. The number of carbonyl (C=O) groups is 1. The van der Waals surface area contributed by atoms with Crippen molar-refractivity contribution in [3.05, 3.63) is 11.9 Å². The fourth-order valence-electron chi connectivity index (χ4n) is 1.57. The average molecular weight is 268 g/mol. The maximum Gasteiger partial charge on any atom is 0.275 e. The van der Waals surface area contributed by atoms with Gasteiger partial charge >= 0.3 is 0 Å². The number of aliphatic hydroxyl groups is 1. The highest BCUT2D eigenvalue weighted by Crippen LogP contribution is 2.04. The van der Waals surface area contributed by atoms with Gasteiger partial charge in [0.2, 0.25) is 0 Å². The van der Waals surface area contributed by atoms with Crippen LogP contribution in [0.4, 0.5) is 0 Å². The first-order valence-corrected chi connectivity index (χ1v) is 6.73. The van der Waals surface area contributed by atoms with Crippen molar-refractivity contribution in [2.45, 2.75) is 46.3 Å². The number of rotatable bonds is 7. The predicted octanol–water partition coefficient (Wildman–Crippen LogP) is 1.17. The topological polar surface area (TPSA) is 71.2 Å². The van der Waals surface area contributed by atoms with Gasteiger partial charge in [-0.25, -0.2) is 0 Å². The monoisotopic (exact) mass is 268 g/mol. The minimum atomic E-state index is -0.406. The Labute approximate surface area is 114 Å². The zero-order chi connectivity index (χ0) is 14.4. The molecule has 6 nitrogen and oxygen atoms in total. The van der Waals surface area contributed by atoms with Gasteiger partial charge in [0.1, 0.15) is 0 Å². The van der Waals surface area contributed by atoms with E-state index in [2.05, 4.69) is 24.2 Å². The lowest BCUT2D eigenvalue weighted by atomic mass is 10.1. The Bertz CT molecular complexity index is 401. The van der Waals surface area contributed by atoms with E-state index in [4.69, 9.17) is 0 Å². The molecule has 1 N–H and O–H groups in total. The largest absolute Gasteiger partial charge is 0.393 e. The Hall–Kier alpha value is -1.43. The summed E-state index contributed by atoms with van der Waals surface area (Å²) in [5, 5.41) is 17.1. The molecule has 1 rings (SSSR count). The van der Waals surface area contributed by atoms with Crippen LogP contribution >= 0.6 is 0 Å². The summed E-state index contributed by atoms with van der Waals surface area (Å²) in [6.07, 6.45) is 2.85. The van der Waals surface area contributed by atoms with E-state index in [0.717, 1.165) is 13.0 Å². The molecule has 0 aliphatic carbocycles. The fourth-order valence-corrected chi connectivity index (χ4v) is 1.57. The molecule has 1 heterocycles. The molecule has 0 bridgehead atoms. The Morgan fingerprint density at radius 3 is 2.68 bits per heavy atom. The molecule has 108 valence electrons. The van der Waals surface area contributed by atoms with Gasteiger partial charge in [-0.3, -0.25) is 9.48 Å². The summed E-state index contributed by atoms with van der Waals surface area (Å²) in [5.74, 6) is 0.438. The molecule has 1 aromatic heterocycles. The van der Waals surface area contributed by atoms with Crippen molar-refractivity contribution in [2.24, 2.45) is 5.92 Å². The van der Waals surface area contributed by atoms with Crippen LogP contribution in [0.1, 0.15) is 44.1 Å². The summed E-state index contributed by atoms with van der Waals surface area (Å²) >= 11 is 0. The van der Waals surface area contributed by atoms with Gasteiger partial charge in [-0.15, -0.1) is 5.10 Å². The number of aryl methyl sites for hydroxylation is 1. The molecule has 0 saturated carbocycles. The molecular formula is C13H24N4O2. The number of carbonyl (C=O) groups excluding carboxylic acids is 1. The first-order chi connectivity index (χ1) is 8.90. The molecule has 0 saturated heterocycles. The van der Waals surface area contributed by atoms with Gasteiger partial charge < -0.3 is 10.0 Å². The van der Waals surface area contributed by atoms with Crippen LogP contribution in [0.3, 0.4) is 0 Å². The molecular weight excluding hydrogens is 244 g/mol. The van der Waals surface area contributed by atoms with Gasteiger partial charge in [-0.2, -0.15) is 0 Å². The van der Waals surface area contributed by atoms with E-state index in [9.17, 15) is 9.90 Å². The third-order valence-electron chi connectivity index (χ3n) is 2.92. The lowest BCUT2D eigenvalue weighted by Gasteiger charge is -2.16. The number of amides is 1. The summed E-state index contributed by atoms with van der Waals surface area (Å²) in [6.45, 7) is 7.28. The van der Waals surface area contributed by atoms with E-state index in [-0.39, 0.29) is 5.91 Å². The van der Waals surface area contributed by atoms with Crippen LogP contribution in [0, 0.1) is 5.92 Å². The van der Waals surface area contributed by atoms with Crippen LogP contribution in [-0.2, 0) is 6.54 Å². The Morgan fingerprint density at radius 1 is 1.42 bits per heavy atom. The molecule has 6 heteroatoms. The third kappa shape index (κ3) is 5.38. The first-order valence-electron chi connectivity index (χ1n) is 6.73. The smallest absolute Gasteiger partial charge is 0.275 e. The minimum Gasteiger partial charge on any atom is -0.393 e. The number of aromatic nitrogens is 3. The van der Waals surface area contributed by atoms with Crippen LogP contribution in [0.2, 0.25) is 0 Å². The summed E-state index contributed by atoms with van der Waals surface area (Å²) < 4.78 is 1.70. The molecule has 0 aliphatic rings. The van der Waals surface area contributed by atoms with Crippen molar-refractivity contribution in [1.82, 2.24) is 19.9 Å². The van der Waals surface area contributed by atoms with Crippen molar-refractivity contribution in [1.29, 1.82) is 0 Å². The minimum absolute atomic E-state index is 0.156. The SMILES string of the molecule is CC(C)CCn1cc(C(=O)N(C)CCC(C)O)nn1. The summed E-state index contributed by atoms with van der Waals surface area (Å²) in [7, 11) is 1.71. The Morgan fingerprint density at radius 2 is 2.11 bits per heavy atom. The fraction of sp³-hybridized carbons (Fsp3) is 0.769. The molecule has 0 fully saturated rings. The molecule has 0 aliphatic heterocycles. The first kappa shape index (κ1) is 15.6. The van der Waals surface area contributed by atoms with Crippen LogP contribution in [0.5, 0.6) is 0 Å². The third-order valence-corrected chi connectivity index (χ3v) is 2.92. The summed E-state index contributed by atoms with van der Waals surface area (Å²) in [6, 6.07) is 0. The van der Waals surface area contributed by atoms with Gasteiger partial charge in [-0.1, -0.05) is 19.1 Å². The molecule has 19 heavy (non-hydrogen) atoms. The van der Waals surface area contributed by atoms with E-state index < -0.39 is 6.10 Å². The zero-order valence-corrected chi connectivity index (χ0v) is 12.2. The molecule has 1 unspecified atom stereocenters. The maximum absolute atomic E-state index is 12.0. The van der Waals surface area contributed by atoms with Gasteiger partial charge in [-0.05, 0) is 25.7 Å². The van der Waals surface area contributed by atoms with E-state index in [0.29, 0.717) is 24.6 Å². The summed E-state index contributed by atoms with van der Waals surface area (Å²) in [4.78, 5) is 13.6. The van der Waals surface area contributed by atoms with Gasteiger partial charge in [0, 0.05) is 20.1 Å². The Balaban J connectivity index is 2.52. The van der Waals surface area contributed by atoms with Crippen molar-refractivity contribution in [3.8, 4) is 0 Å². The van der Waals surface area contributed by atoms with Crippen molar-refractivity contribution < 1.29 is 9.90 Å². The predicted molar refractivity (Wildman–Crippen MR) is 72.7 cm³/mol. The van der Waals surface area contributed by atoms with Crippen LogP contribution in [0.15, 0.2) is 6.20 Å². The molecule has 1 aromatic rings. The second-order valence-corrected chi connectivity index (χ2v) is 5.41. The molecule has 1 amide bonds. The van der Waals surface area contributed by atoms with Gasteiger partial charge in [0.25, 0.3) is 5.91 Å². The van der Waals surface area contributed by atoms with Crippen LogP contribution < -0.4 is 0 Å². The number of hydrogen-bond acceptors (Lipinski definition) is 4. The van der Waals surface area contributed by atoms with Gasteiger partial charge in [0.05, 0.1) is 12.3 Å². The second kappa shape index (κ2) is 7.23. The zero-order valence-electron chi connectivity index (χ0n) is 12.2. The summed E-state index contributed by atoms with van der Waals surface area (Å²) in [5.41, 5.74) is 0.358. The molecule has 0 radical (unpaired) electrons. The quantitative estimate of drug-likeness (QED) is 0.805. The van der Waals surface area contributed by atoms with Crippen molar-refractivity contribution >= 4 is 5.91 Å². The van der Waals surface area contributed by atoms with Gasteiger partial charge in [0.15, 0.2) is 5.69 Å². The van der Waals surface area contributed by atoms with Crippen molar-refractivity contribution in [3.63, 3.8) is 0 Å². The van der Waals surface area contributed by atoms with E-state index in [1.807, 2.05) is 0 Å². The lowest BCUT2D eigenvalue weighted by molar-refractivity contribution is 0.0763. The lowest BCUT2D eigenvalue weighted by Crippen LogP contribution is -2.29. The van der Waals surface area contributed by atoms with E-state index in [1.54, 1.807) is 29.7 Å². The Kier molecular flexibility index (Phi) is 5.95. The van der Waals surface area contributed by atoms with E-state index >= 15 is 0 Å². The number of nitrogens with zero attached hydrogens (tertiary/aromatic N) is 4. The number of hydrogen-bond donors (Lipinski definition) is 1. The molecule has 0 spiro atoms. The van der Waals surface area contributed by atoms with Crippen LogP contribution in [-0.4, -0.2) is 50.6 Å². The maximum atomic E-state index is 12.0. The van der Waals surface area contributed by atoms with Crippen LogP contribution in [0.25, 0.3) is 0 Å². The highest BCUT2D eigenvalue weighted by atomic mass is 16.3. The van der Waals surface area contributed by atoms with E-state index in [1.165, 1.54) is 0 Å². The van der Waals surface area contributed by atoms with Crippen molar-refractivity contribution in [2.75, 3.05) is 13.6 Å². The number of aliphatic hydroxyl groups excluding tert-OH is 1. The average Bonchev–Trinajstić information content (AvgIpc) is 2.81. The molecule has 0 aromatic carbocycles. The highest BCUT2D eigenvalue weighted by Gasteiger charge is 2.16. The molecule has 1 atom stereocenters. The normalized spacial score (nSPS) is 12.7.